The number of ether oxygens (including phenoxy) is 2. The van der Waals surface area contributed by atoms with E-state index in [1.54, 1.807) is 0 Å². The van der Waals surface area contributed by atoms with Gasteiger partial charge in [-0.15, -0.1) is 0 Å². The zero-order chi connectivity index (χ0) is 34.3. The fourth-order valence-corrected chi connectivity index (χ4v) is 4.84. The normalized spacial score (nSPS) is 13.9. The molecule has 0 aromatic rings. The Kier molecular flexibility index (Phi) is 29.0. The van der Waals surface area contributed by atoms with Gasteiger partial charge in [-0.3, -0.25) is 14.1 Å². The molecule has 9 nitrogen and oxygen atoms in total. The highest BCUT2D eigenvalue weighted by molar-refractivity contribution is 7.46. The van der Waals surface area contributed by atoms with Crippen LogP contribution in [0.5, 0.6) is 0 Å². The molecule has 266 valence electrons. The first kappa shape index (κ1) is 44.0. The molecule has 0 aliphatic rings. The quantitative estimate of drug-likeness (QED) is 0.0225. The Morgan fingerprint density at radius 1 is 0.717 bits per heavy atom. The Morgan fingerprint density at radius 3 is 2.00 bits per heavy atom. The van der Waals surface area contributed by atoms with E-state index in [1.165, 1.54) is 25.7 Å². The molecule has 46 heavy (non-hydrogen) atoms. The van der Waals surface area contributed by atoms with Gasteiger partial charge >= 0.3 is 19.8 Å². The van der Waals surface area contributed by atoms with Crippen LogP contribution in [0.15, 0.2) is 48.6 Å². The first-order valence-electron chi connectivity index (χ1n) is 17.4. The van der Waals surface area contributed by atoms with Gasteiger partial charge in [0.1, 0.15) is 6.61 Å². The molecule has 0 bridgehead atoms. The highest BCUT2D eigenvalue weighted by atomic mass is 31.2. The van der Waals surface area contributed by atoms with Crippen LogP contribution >= 0.6 is 7.82 Å². The summed E-state index contributed by atoms with van der Waals surface area (Å²) in [6, 6.07) is 0. The lowest BCUT2D eigenvalue weighted by molar-refractivity contribution is -0.161. The van der Waals surface area contributed by atoms with E-state index in [2.05, 4.69) is 37.4 Å². The first-order chi connectivity index (χ1) is 22.0. The maximum atomic E-state index is 12.3. The number of carbonyl (C=O) groups excluding carboxylic acids is 2. The van der Waals surface area contributed by atoms with Crippen LogP contribution in [0.2, 0.25) is 0 Å². The molecule has 0 aromatic heterocycles. The smallest absolute Gasteiger partial charge is 0.462 e. The number of carbonyl (C=O) groups is 2. The summed E-state index contributed by atoms with van der Waals surface area (Å²) in [4.78, 5) is 42.5. The van der Waals surface area contributed by atoms with E-state index < -0.39 is 32.5 Å². The topological polar surface area (TPSA) is 140 Å². The number of aliphatic hydroxyl groups excluding tert-OH is 1. The van der Waals surface area contributed by atoms with Crippen LogP contribution in [0.3, 0.4) is 0 Å². The van der Waals surface area contributed by atoms with Crippen molar-refractivity contribution >= 4 is 19.8 Å². The second-order valence-corrected chi connectivity index (χ2v) is 13.4. The molecule has 0 saturated heterocycles. The molecule has 0 unspecified atom stereocenters. The molecule has 0 heterocycles. The number of hydrogen-bond donors (Lipinski definition) is 3. The maximum Gasteiger partial charge on any atom is 0.469 e. The average molecular weight is 671 g/mol. The SMILES string of the molecule is CCCCC[C@@H](O)/C=C/C=C\C/C=C\C/C=C\CCCC(=O)OC[C@H](COP(=O)(O)O)OC(=O)CCCCCCCCCC(C)C. The van der Waals surface area contributed by atoms with Crippen molar-refractivity contribution in [3.63, 3.8) is 0 Å². The summed E-state index contributed by atoms with van der Waals surface area (Å²) in [6.07, 6.45) is 30.5. The molecular weight excluding hydrogens is 607 g/mol. The van der Waals surface area contributed by atoms with Crippen molar-refractivity contribution < 1.29 is 43.0 Å². The van der Waals surface area contributed by atoms with Crippen molar-refractivity contribution in [2.45, 2.75) is 149 Å². The molecule has 0 amide bonds. The number of rotatable bonds is 30. The molecule has 0 aliphatic heterocycles. The fourth-order valence-electron chi connectivity index (χ4n) is 4.48. The van der Waals surface area contributed by atoms with Gasteiger partial charge in [0, 0.05) is 12.8 Å². The summed E-state index contributed by atoms with van der Waals surface area (Å²) in [7, 11) is -4.77. The van der Waals surface area contributed by atoms with Gasteiger partial charge in [-0.2, -0.15) is 0 Å². The molecule has 0 rings (SSSR count). The van der Waals surface area contributed by atoms with Crippen LogP contribution in [0.4, 0.5) is 0 Å². The fraction of sp³-hybridized carbons (Fsp3) is 0.722. The number of aliphatic hydroxyl groups is 1. The van der Waals surface area contributed by atoms with Crippen molar-refractivity contribution in [3.8, 4) is 0 Å². The highest BCUT2D eigenvalue weighted by Gasteiger charge is 2.22. The van der Waals surface area contributed by atoms with E-state index in [4.69, 9.17) is 19.3 Å². The van der Waals surface area contributed by atoms with Gasteiger partial charge < -0.3 is 24.4 Å². The van der Waals surface area contributed by atoms with Crippen LogP contribution in [-0.4, -0.2) is 52.3 Å². The van der Waals surface area contributed by atoms with E-state index in [0.717, 1.165) is 63.7 Å². The van der Waals surface area contributed by atoms with E-state index in [0.29, 0.717) is 19.3 Å². The van der Waals surface area contributed by atoms with Crippen LogP contribution in [0.1, 0.15) is 136 Å². The van der Waals surface area contributed by atoms with Crippen molar-refractivity contribution in [1.29, 1.82) is 0 Å². The Morgan fingerprint density at radius 2 is 1.33 bits per heavy atom. The maximum absolute atomic E-state index is 12.3. The van der Waals surface area contributed by atoms with Gasteiger partial charge in [-0.1, -0.05) is 134 Å². The number of esters is 2. The Hall–Kier alpha value is -2.03. The first-order valence-corrected chi connectivity index (χ1v) is 18.9. The molecule has 0 saturated carbocycles. The van der Waals surface area contributed by atoms with Crippen LogP contribution in [0.25, 0.3) is 0 Å². The number of allylic oxidation sites excluding steroid dienone is 7. The second kappa shape index (κ2) is 30.3. The lowest BCUT2D eigenvalue weighted by Gasteiger charge is -2.18. The van der Waals surface area contributed by atoms with Crippen molar-refractivity contribution in [2.24, 2.45) is 5.92 Å². The lowest BCUT2D eigenvalue weighted by atomic mass is 10.0. The summed E-state index contributed by atoms with van der Waals surface area (Å²) in [5.41, 5.74) is 0. The molecule has 10 heteroatoms. The zero-order valence-corrected chi connectivity index (χ0v) is 29.6. The minimum absolute atomic E-state index is 0.170. The Bertz CT molecular complexity index is 920. The van der Waals surface area contributed by atoms with Gasteiger partial charge in [0.2, 0.25) is 0 Å². The number of unbranched alkanes of at least 4 members (excludes halogenated alkanes) is 9. The molecule has 3 N–H and O–H groups in total. The van der Waals surface area contributed by atoms with Crippen LogP contribution in [0, 0.1) is 5.92 Å². The molecule has 0 spiro atoms. The third-order valence-electron chi connectivity index (χ3n) is 7.13. The van der Waals surface area contributed by atoms with Crippen molar-refractivity contribution in [3.05, 3.63) is 48.6 Å². The number of phosphoric acid groups is 1. The predicted octanol–water partition coefficient (Wildman–Crippen LogP) is 8.83. The minimum Gasteiger partial charge on any atom is -0.462 e. The van der Waals surface area contributed by atoms with Gasteiger partial charge in [-0.25, -0.2) is 4.57 Å². The average Bonchev–Trinajstić information content (AvgIpc) is 2.99. The second-order valence-electron chi connectivity index (χ2n) is 12.2. The largest absolute Gasteiger partial charge is 0.469 e. The van der Waals surface area contributed by atoms with Gasteiger partial charge in [0.05, 0.1) is 12.7 Å². The predicted molar refractivity (Wildman–Crippen MR) is 185 cm³/mol. The molecule has 2 atom stereocenters. The van der Waals surface area contributed by atoms with Crippen molar-refractivity contribution in [2.75, 3.05) is 13.2 Å². The van der Waals surface area contributed by atoms with E-state index >= 15 is 0 Å². The van der Waals surface area contributed by atoms with Gasteiger partial charge in [-0.05, 0) is 44.4 Å². The van der Waals surface area contributed by atoms with Crippen LogP contribution in [-0.2, 0) is 28.2 Å². The molecule has 0 fully saturated rings. The number of phosphoric ester groups is 1. The summed E-state index contributed by atoms with van der Waals surface area (Å²) in [6.45, 7) is 5.72. The van der Waals surface area contributed by atoms with Gasteiger partial charge in [0.25, 0.3) is 0 Å². The Labute approximate surface area is 278 Å². The summed E-state index contributed by atoms with van der Waals surface area (Å²) >= 11 is 0. The minimum atomic E-state index is -4.77. The summed E-state index contributed by atoms with van der Waals surface area (Å²) < 4.78 is 26.1. The van der Waals surface area contributed by atoms with E-state index in [9.17, 15) is 19.3 Å². The molecule has 0 aliphatic carbocycles. The Balaban J connectivity index is 4.16. The monoisotopic (exact) mass is 670 g/mol. The van der Waals surface area contributed by atoms with E-state index in [-0.39, 0.29) is 25.6 Å². The third kappa shape index (κ3) is 33.3. The molecular formula is C36H63O9P. The molecule has 0 radical (unpaired) electrons. The molecule has 0 aromatic carbocycles. The summed E-state index contributed by atoms with van der Waals surface area (Å²) in [5.74, 6) is -0.243. The highest BCUT2D eigenvalue weighted by Crippen LogP contribution is 2.35. The summed E-state index contributed by atoms with van der Waals surface area (Å²) in [5, 5.41) is 9.84. The standard InChI is InChI=1S/C36H63O9P/c1-4-5-20-26-33(37)27-22-17-13-9-7-6-8-10-14-18-23-28-35(38)43-30-34(31-44-46(40,41)42)45-36(39)29-24-19-15-11-12-16-21-25-32(2)3/h6-7,10,13-14,17,22,27,32-34,37H,4-5,8-9,11-12,15-16,18-21,23-26,28-31H2,1-3H3,(H2,40,41,42)/b7-6-,14-10-,17-13-,27-22+/t33-,34-/m1/s1. The zero-order valence-electron chi connectivity index (χ0n) is 28.7. The van der Waals surface area contributed by atoms with Crippen LogP contribution < -0.4 is 0 Å². The number of hydrogen-bond acceptors (Lipinski definition) is 7. The van der Waals surface area contributed by atoms with Gasteiger partial charge in [0.15, 0.2) is 6.10 Å². The van der Waals surface area contributed by atoms with E-state index in [1.807, 2.05) is 36.5 Å². The third-order valence-corrected chi connectivity index (χ3v) is 7.62. The van der Waals surface area contributed by atoms with Crippen molar-refractivity contribution in [1.82, 2.24) is 0 Å². The lowest BCUT2D eigenvalue weighted by Crippen LogP contribution is -2.29.